The molecule has 40 heavy (non-hydrogen) atoms. The number of hydrogen-bond acceptors (Lipinski definition) is 8. The maximum absolute atomic E-state index is 13.2. The van der Waals surface area contributed by atoms with Crippen LogP contribution in [0, 0.1) is 11.3 Å². The summed E-state index contributed by atoms with van der Waals surface area (Å²) < 4.78 is 5.46. The fourth-order valence-corrected chi connectivity index (χ4v) is 6.65. The topological polar surface area (TPSA) is 120 Å². The van der Waals surface area contributed by atoms with Crippen LogP contribution >= 0.6 is 0 Å². The van der Waals surface area contributed by atoms with Gasteiger partial charge in [-0.2, -0.15) is 0 Å². The van der Waals surface area contributed by atoms with Gasteiger partial charge in [-0.1, -0.05) is 0 Å². The molecule has 0 saturated carbocycles. The number of nitrogens with one attached hydrogen (secondary N) is 1. The van der Waals surface area contributed by atoms with Crippen molar-refractivity contribution >= 4 is 35.4 Å². The van der Waals surface area contributed by atoms with Crippen LogP contribution in [0.3, 0.4) is 0 Å². The van der Waals surface area contributed by atoms with Crippen molar-refractivity contribution in [2.45, 2.75) is 58.1 Å². The van der Waals surface area contributed by atoms with E-state index in [1.54, 1.807) is 17.0 Å². The van der Waals surface area contributed by atoms with E-state index >= 15 is 0 Å². The summed E-state index contributed by atoms with van der Waals surface area (Å²) in [6.07, 6.45) is 2.25. The Morgan fingerprint density at radius 3 is 2.35 bits per heavy atom. The molecule has 11 nitrogen and oxygen atoms in total. The van der Waals surface area contributed by atoms with Gasteiger partial charge in [0.05, 0.1) is 11.1 Å². The number of fused-ring (bicyclic) bond motifs is 1. The summed E-state index contributed by atoms with van der Waals surface area (Å²) in [5.74, 6) is -1.44. The third kappa shape index (κ3) is 4.84. The molecule has 1 N–H and O–H groups in total. The Hall–Kier alpha value is -3.47. The molecule has 11 heteroatoms. The molecule has 5 heterocycles. The molecule has 1 aromatic carbocycles. The Kier molecular flexibility index (Phi) is 6.40. The Labute approximate surface area is 233 Å². The summed E-state index contributed by atoms with van der Waals surface area (Å²) in [5.41, 5.74) is 1.33. The highest BCUT2D eigenvalue weighted by Gasteiger charge is 2.48. The molecule has 6 rings (SSSR count). The van der Waals surface area contributed by atoms with Crippen molar-refractivity contribution in [2.24, 2.45) is 11.3 Å². The Bertz CT molecular complexity index is 1270. The highest BCUT2D eigenvalue weighted by molar-refractivity contribution is 6.23. The van der Waals surface area contributed by atoms with Gasteiger partial charge in [-0.05, 0) is 71.3 Å². The summed E-state index contributed by atoms with van der Waals surface area (Å²) in [5, 5.41) is 2.23. The fraction of sp³-hybridized carbons (Fsp3) is 0.621. The number of benzene rings is 1. The standard InChI is InChI=1S/C29H37N5O6/c1-28(2,3)40-27(39)32-14-18(15-32)13-31-10-8-29(9-11-31)16-33(17-29)19-4-5-20-21(12-19)26(38)34(25(20)37)22-6-7-23(35)30-24(22)36/h4-5,12,18,22H,6-11,13-17H2,1-3H3,(H,30,35,36). The van der Waals surface area contributed by atoms with Crippen LogP contribution in [0.1, 0.15) is 67.2 Å². The molecule has 1 unspecified atom stereocenters. The zero-order valence-electron chi connectivity index (χ0n) is 23.4. The summed E-state index contributed by atoms with van der Waals surface area (Å²) in [6, 6.07) is 4.39. The molecule has 1 atom stereocenters. The first kappa shape index (κ1) is 26.7. The number of imide groups is 2. The highest BCUT2D eigenvalue weighted by atomic mass is 16.6. The maximum Gasteiger partial charge on any atom is 0.410 e. The third-order valence-electron chi connectivity index (χ3n) is 8.88. The number of hydrogen-bond donors (Lipinski definition) is 1. The van der Waals surface area contributed by atoms with E-state index in [-0.39, 0.29) is 30.3 Å². The van der Waals surface area contributed by atoms with Gasteiger partial charge in [0.2, 0.25) is 11.8 Å². The second-order valence-electron chi connectivity index (χ2n) is 13.1. The monoisotopic (exact) mass is 551 g/mol. The molecular formula is C29H37N5O6. The summed E-state index contributed by atoms with van der Waals surface area (Å²) >= 11 is 0. The second kappa shape index (κ2) is 9.57. The van der Waals surface area contributed by atoms with Crippen LogP contribution in [0.25, 0.3) is 0 Å². The molecule has 1 spiro atoms. The first-order chi connectivity index (χ1) is 18.9. The van der Waals surface area contributed by atoms with Crippen LogP contribution in [-0.2, 0) is 14.3 Å². The number of amides is 5. The van der Waals surface area contributed by atoms with Crippen LogP contribution in [0.15, 0.2) is 18.2 Å². The van der Waals surface area contributed by atoms with Gasteiger partial charge >= 0.3 is 6.09 Å². The van der Waals surface area contributed by atoms with Crippen LogP contribution in [0.5, 0.6) is 0 Å². The lowest BCUT2D eigenvalue weighted by Gasteiger charge is -2.55. The van der Waals surface area contributed by atoms with Gasteiger partial charge in [0, 0.05) is 56.2 Å². The van der Waals surface area contributed by atoms with Crippen molar-refractivity contribution in [1.82, 2.24) is 20.0 Å². The molecule has 1 aromatic rings. The maximum atomic E-state index is 13.2. The fourth-order valence-electron chi connectivity index (χ4n) is 6.65. The smallest absolute Gasteiger partial charge is 0.410 e. The number of rotatable bonds is 4. The van der Waals surface area contributed by atoms with E-state index in [0.29, 0.717) is 17.0 Å². The van der Waals surface area contributed by atoms with E-state index in [0.717, 1.165) is 69.2 Å². The van der Waals surface area contributed by atoms with Crippen LogP contribution < -0.4 is 10.2 Å². The molecular weight excluding hydrogens is 514 g/mol. The second-order valence-corrected chi connectivity index (χ2v) is 13.1. The lowest BCUT2D eigenvalue weighted by Crippen LogP contribution is -2.61. The third-order valence-corrected chi connectivity index (χ3v) is 8.88. The molecule has 4 fully saturated rings. The number of ether oxygens (including phenoxy) is 1. The highest BCUT2D eigenvalue weighted by Crippen LogP contribution is 2.43. The number of carbonyl (C=O) groups is 5. The summed E-state index contributed by atoms with van der Waals surface area (Å²) in [7, 11) is 0. The Balaban J connectivity index is 0.994. The van der Waals surface area contributed by atoms with Gasteiger partial charge in [-0.15, -0.1) is 0 Å². The molecule has 0 aliphatic carbocycles. The van der Waals surface area contributed by atoms with Crippen molar-refractivity contribution in [2.75, 3.05) is 50.7 Å². The zero-order valence-corrected chi connectivity index (χ0v) is 23.4. The number of anilines is 1. The van der Waals surface area contributed by atoms with E-state index < -0.39 is 29.4 Å². The minimum Gasteiger partial charge on any atom is -0.444 e. The van der Waals surface area contributed by atoms with E-state index in [4.69, 9.17) is 4.74 Å². The Morgan fingerprint density at radius 1 is 1.02 bits per heavy atom. The van der Waals surface area contributed by atoms with Crippen molar-refractivity contribution in [3.05, 3.63) is 29.3 Å². The van der Waals surface area contributed by atoms with E-state index in [9.17, 15) is 24.0 Å². The molecule has 5 amide bonds. The quantitative estimate of drug-likeness (QED) is 0.564. The van der Waals surface area contributed by atoms with Crippen LogP contribution in [0.2, 0.25) is 0 Å². The zero-order chi connectivity index (χ0) is 28.4. The van der Waals surface area contributed by atoms with Gasteiger partial charge < -0.3 is 19.4 Å². The lowest BCUT2D eigenvalue weighted by atomic mass is 9.71. The van der Waals surface area contributed by atoms with Gasteiger partial charge in [-0.3, -0.25) is 29.4 Å². The number of carbonyl (C=O) groups excluding carboxylic acids is 5. The molecule has 214 valence electrons. The van der Waals surface area contributed by atoms with Gasteiger partial charge in [-0.25, -0.2) is 4.79 Å². The van der Waals surface area contributed by atoms with Crippen molar-refractivity contribution < 1.29 is 28.7 Å². The SMILES string of the molecule is CC(C)(C)OC(=O)N1CC(CN2CCC3(CC2)CN(c2ccc4c(c2)C(=O)N(C2CCC(=O)NC2=O)C4=O)C3)C1. The lowest BCUT2D eigenvalue weighted by molar-refractivity contribution is -0.136. The van der Waals surface area contributed by atoms with E-state index in [2.05, 4.69) is 15.1 Å². The normalized spacial score (nSPS) is 25.1. The van der Waals surface area contributed by atoms with E-state index in [1.165, 1.54) is 0 Å². The number of likely N-dealkylation sites (tertiary alicyclic amines) is 2. The van der Waals surface area contributed by atoms with Gasteiger partial charge in [0.25, 0.3) is 11.8 Å². The van der Waals surface area contributed by atoms with Gasteiger partial charge in [0.15, 0.2) is 0 Å². The minimum atomic E-state index is -0.952. The number of piperidine rings is 2. The van der Waals surface area contributed by atoms with Crippen molar-refractivity contribution in [1.29, 1.82) is 0 Å². The number of nitrogens with zero attached hydrogens (tertiary/aromatic N) is 4. The molecule has 0 bridgehead atoms. The molecule has 4 saturated heterocycles. The average molecular weight is 552 g/mol. The first-order valence-electron chi connectivity index (χ1n) is 14.2. The Morgan fingerprint density at radius 2 is 1.70 bits per heavy atom. The molecule has 0 aromatic heterocycles. The molecule has 5 aliphatic heterocycles. The van der Waals surface area contributed by atoms with Crippen LogP contribution in [0.4, 0.5) is 10.5 Å². The largest absolute Gasteiger partial charge is 0.444 e. The van der Waals surface area contributed by atoms with Gasteiger partial charge in [0.1, 0.15) is 11.6 Å². The summed E-state index contributed by atoms with van der Waals surface area (Å²) in [6.45, 7) is 12.1. The van der Waals surface area contributed by atoms with E-state index in [1.807, 2.05) is 26.8 Å². The minimum absolute atomic E-state index is 0.105. The molecule has 0 radical (unpaired) electrons. The van der Waals surface area contributed by atoms with Crippen LogP contribution in [-0.4, -0.2) is 102 Å². The molecule has 5 aliphatic rings. The first-order valence-corrected chi connectivity index (χ1v) is 14.2. The summed E-state index contributed by atoms with van der Waals surface area (Å²) in [4.78, 5) is 69.7. The predicted molar refractivity (Wildman–Crippen MR) is 145 cm³/mol. The van der Waals surface area contributed by atoms with Crippen molar-refractivity contribution in [3.63, 3.8) is 0 Å². The van der Waals surface area contributed by atoms with Crippen molar-refractivity contribution in [3.8, 4) is 0 Å². The average Bonchev–Trinajstić information content (AvgIpc) is 3.08. The predicted octanol–water partition coefficient (Wildman–Crippen LogP) is 1.86.